The molecule has 5 nitrogen and oxygen atoms in total. The van der Waals surface area contributed by atoms with Crippen LogP contribution >= 0.6 is 11.6 Å². The average Bonchev–Trinajstić information content (AvgIpc) is 2.96. The third kappa shape index (κ3) is 3.26. The zero-order chi connectivity index (χ0) is 17.3. The van der Waals surface area contributed by atoms with Crippen LogP contribution in [0.1, 0.15) is 40.8 Å². The molecule has 1 aliphatic rings. The molecule has 0 saturated carbocycles. The number of fused-ring (bicyclic) bond motifs is 3. The molecule has 0 fully saturated rings. The molecule has 2 N–H and O–H groups in total. The molecule has 2 heterocycles. The van der Waals surface area contributed by atoms with Crippen LogP contribution < -0.4 is 0 Å². The first-order valence-electron chi connectivity index (χ1n) is 7.62. The Kier molecular flexibility index (Phi) is 4.53. The van der Waals surface area contributed by atoms with E-state index in [1.54, 1.807) is 13.0 Å². The van der Waals surface area contributed by atoms with Gasteiger partial charge in [0.2, 0.25) is 0 Å². The number of cyclic esters (lactones) is 1. The maximum atomic E-state index is 12.5. The van der Waals surface area contributed by atoms with Gasteiger partial charge in [-0.15, -0.1) is 0 Å². The van der Waals surface area contributed by atoms with E-state index >= 15 is 0 Å². The lowest BCUT2D eigenvalue weighted by Gasteiger charge is -2.16. The summed E-state index contributed by atoms with van der Waals surface area (Å²) < 4.78 is 11.1. The highest BCUT2D eigenvalue weighted by atomic mass is 35.5. The molecule has 1 atom stereocenters. The van der Waals surface area contributed by atoms with Crippen LogP contribution in [-0.4, -0.2) is 22.3 Å². The van der Waals surface area contributed by atoms with E-state index in [-0.39, 0.29) is 40.2 Å². The number of phenols is 2. The van der Waals surface area contributed by atoms with E-state index in [2.05, 4.69) is 0 Å². The van der Waals surface area contributed by atoms with Gasteiger partial charge in [0, 0.05) is 30.9 Å². The number of esters is 1. The standard InChI is InChI=1S/C18H17ClO5/c1-10-4-2-3-5-11-6-7-12(24-11)8-13-16(18(22)23-10)14(20)9-15(21)17(13)19/h2-3,6-7,9-10,20-21H,4-5,8H2,1H3/t10-/m1/s1. The predicted octanol–water partition coefficient (Wildman–Crippen LogP) is 3.98. The molecule has 126 valence electrons. The number of phenolic OH excluding ortho intramolecular Hbond substituents is 2. The van der Waals surface area contributed by atoms with Gasteiger partial charge in [-0.2, -0.15) is 0 Å². The lowest BCUT2D eigenvalue weighted by Crippen LogP contribution is -2.16. The number of aromatic hydroxyl groups is 2. The molecule has 6 heteroatoms. The lowest BCUT2D eigenvalue weighted by atomic mass is 10.0. The molecular weight excluding hydrogens is 332 g/mol. The van der Waals surface area contributed by atoms with Crippen LogP contribution in [0.3, 0.4) is 0 Å². The van der Waals surface area contributed by atoms with Gasteiger partial charge >= 0.3 is 5.97 Å². The minimum atomic E-state index is -0.684. The largest absolute Gasteiger partial charge is 0.507 e. The Bertz CT molecular complexity index is 806. The van der Waals surface area contributed by atoms with Crippen LogP contribution in [0.2, 0.25) is 5.02 Å². The smallest absolute Gasteiger partial charge is 0.342 e. The number of carbonyl (C=O) groups is 1. The second-order valence-corrected chi connectivity index (χ2v) is 6.13. The summed E-state index contributed by atoms with van der Waals surface area (Å²) in [7, 11) is 0. The first-order chi connectivity index (χ1) is 11.5. The van der Waals surface area contributed by atoms with E-state index in [1.165, 1.54) is 0 Å². The Labute approximate surface area is 144 Å². The van der Waals surface area contributed by atoms with Crippen LogP contribution in [0.5, 0.6) is 11.5 Å². The zero-order valence-corrected chi connectivity index (χ0v) is 13.8. The van der Waals surface area contributed by atoms with Crippen LogP contribution in [0, 0.1) is 0 Å². The van der Waals surface area contributed by atoms with Crippen molar-refractivity contribution in [1.29, 1.82) is 0 Å². The molecule has 0 unspecified atom stereocenters. The summed E-state index contributed by atoms with van der Waals surface area (Å²) in [6.07, 6.45) is 4.84. The number of benzene rings is 1. The minimum Gasteiger partial charge on any atom is -0.507 e. The molecule has 3 rings (SSSR count). The third-order valence-electron chi connectivity index (χ3n) is 3.86. The van der Waals surface area contributed by atoms with E-state index in [9.17, 15) is 15.0 Å². The van der Waals surface area contributed by atoms with Crippen molar-refractivity contribution < 1.29 is 24.2 Å². The summed E-state index contributed by atoms with van der Waals surface area (Å²) >= 11 is 6.16. The fraction of sp³-hybridized carbons (Fsp3) is 0.278. The van der Waals surface area contributed by atoms with E-state index in [1.807, 2.05) is 18.2 Å². The van der Waals surface area contributed by atoms with Gasteiger partial charge < -0.3 is 19.4 Å². The van der Waals surface area contributed by atoms with Crippen molar-refractivity contribution in [3.63, 3.8) is 0 Å². The highest BCUT2D eigenvalue weighted by molar-refractivity contribution is 6.33. The SMILES string of the molecule is C[C@@H]1CC=CCc2ccc(o2)Cc2c(Cl)c(O)cc(O)c2C(=O)O1. The third-order valence-corrected chi connectivity index (χ3v) is 4.28. The molecule has 24 heavy (non-hydrogen) atoms. The van der Waals surface area contributed by atoms with Gasteiger partial charge in [-0.05, 0) is 19.1 Å². The second-order valence-electron chi connectivity index (χ2n) is 5.75. The minimum absolute atomic E-state index is 0.00153. The number of hydrogen-bond donors (Lipinski definition) is 2. The molecule has 2 bridgehead atoms. The van der Waals surface area contributed by atoms with Gasteiger partial charge in [0.15, 0.2) is 0 Å². The first kappa shape index (κ1) is 16.5. The maximum absolute atomic E-state index is 12.5. The number of ether oxygens (including phenoxy) is 1. The highest BCUT2D eigenvalue weighted by Crippen LogP contribution is 2.38. The van der Waals surface area contributed by atoms with Gasteiger partial charge in [0.05, 0.1) is 5.02 Å². The Morgan fingerprint density at radius 1 is 1.17 bits per heavy atom. The van der Waals surface area contributed by atoms with E-state index in [4.69, 9.17) is 20.8 Å². The Morgan fingerprint density at radius 3 is 2.71 bits per heavy atom. The molecule has 0 amide bonds. The Balaban J connectivity index is 2.13. The number of hydrogen-bond acceptors (Lipinski definition) is 5. The van der Waals surface area contributed by atoms with Crippen molar-refractivity contribution in [2.24, 2.45) is 0 Å². The fourth-order valence-corrected chi connectivity index (χ4v) is 2.87. The molecular formula is C18H17ClO5. The summed E-state index contributed by atoms with van der Waals surface area (Å²) in [5.41, 5.74) is 0.227. The van der Waals surface area contributed by atoms with Gasteiger partial charge in [-0.3, -0.25) is 0 Å². The summed E-state index contributed by atoms with van der Waals surface area (Å²) in [6, 6.07) is 4.67. The van der Waals surface area contributed by atoms with Gasteiger partial charge in [0.1, 0.15) is 34.7 Å². The lowest BCUT2D eigenvalue weighted by molar-refractivity contribution is 0.0343. The monoisotopic (exact) mass is 348 g/mol. The molecule has 0 saturated heterocycles. The fourth-order valence-electron chi connectivity index (χ4n) is 2.66. The topological polar surface area (TPSA) is 79.9 Å². The summed E-state index contributed by atoms with van der Waals surface area (Å²) in [5.74, 6) is -0.00163. The summed E-state index contributed by atoms with van der Waals surface area (Å²) in [6.45, 7) is 1.77. The first-order valence-corrected chi connectivity index (χ1v) is 8.00. The molecule has 0 radical (unpaired) electrons. The van der Waals surface area contributed by atoms with Crippen molar-refractivity contribution >= 4 is 17.6 Å². The normalized spacial score (nSPS) is 18.1. The Hall–Kier alpha value is -2.40. The zero-order valence-electron chi connectivity index (χ0n) is 13.1. The van der Waals surface area contributed by atoms with Crippen LogP contribution in [0.25, 0.3) is 0 Å². The van der Waals surface area contributed by atoms with E-state index < -0.39 is 5.97 Å². The van der Waals surface area contributed by atoms with Crippen molar-refractivity contribution in [3.8, 4) is 11.5 Å². The number of halogens is 1. The average molecular weight is 349 g/mol. The summed E-state index contributed by atoms with van der Waals surface area (Å²) in [5, 5.41) is 20.0. The number of rotatable bonds is 0. The number of allylic oxidation sites excluding steroid dienone is 1. The van der Waals surface area contributed by atoms with Crippen LogP contribution in [0.15, 0.2) is 34.8 Å². The molecule has 0 spiro atoms. The van der Waals surface area contributed by atoms with Gasteiger partial charge in [-0.1, -0.05) is 23.8 Å². The maximum Gasteiger partial charge on any atom is 0.342 e. The molecule has 2 aromatic rings. The van der Waals surface area contributed by atoms with Gasteiger partial charge in [0.25, 0.3) is 0 Å². The molecule has 1 aliphatic heterocycles. The molecule has 0 aliphatic carbocycles. The molecule has 1 aromatic carbocycles. The van der Waals surface area contributed by atoms with E-state index in [0.717, 1.165) is 11.8 Å². The Morgan fingerprint density at radius 2 is 1.92 bits per heavy atom. The van der Waals surface area contributed by atoms with Gasteiger partial charge in [-0.25, -0.2) is 4.79 Å². The molecule has 1 aromatic heterocycles. The highest BCUT2D eigenvalue weighted by Gasteiger charge is 2.25. The van der Waals surface area contributed by atoms with Crippen molar-refractivity contribution in [3.05, 3.63) is 58.0 Å². The number of carbonyl (C=O) groups excluding carboxylic acids is 1. The predicted molar refractivity (Wildman–Crippen MR) is 88.6 cm³/mol. The quantitative estimate of drug-likeness (QED) is 0.556. The second kappa shape index (κ2) is 6.61. The van der Waals surface area contributed by atoms with E-state index in [0.29, 0.717) is 18.6 Å². The van der Waals surface area contributed by atoms with Crippen molar-refractivity contribution in [2.45, 2.75) is 32.3 Å². The van der Waals surface area contributed by atoms with Crippen molar-refractivity contribution in [1.82, 2.24) is 0 Å². The van der Waals surface area contributed by atoms with Crippen molar-refractivity contribution in [2.75, 3.05) is 0 Å². The van der Waals surface area contributed by atoms with Crippen LogP contribution in [0.4, 0.5) is 0 Å². The van der Waals surface area contributed by atoms with Crippen LogP contribution in [-0.2, 0) is 17.6 Å². The number of furan rings is 1. The summed E-state index contributed by atoms with van der Waals surface area (Å²) in [4.78, 5) is 12.5.